The summed E-state index contributed by atoms with van der Waals surface area (Å²) in [5.74, 6) is -1.15. The summed E-state index contributed by atoms with van der Waals surface area (Å²) in [6.45, 7) is 13.6. The molecule has 6 nitrogen and oxygen atoms in total. The maximum Gasteiger partial charge on any atom is 0.408 e. The summed E-state index contributed by atoms with van der Waals surface area (Å²) < 4.78 is 10.5. The van der Waals surface area contributed by atoms with Gasteiger partial charge in [-0.1, -0.05) is 33.4 Å². The lowest BCUT2D eigenvalue weighted by molar-refractivity contribution is -0.140. The summed E-state index contributed by atoms with van der Waals surface area (Å²) in [6, 6.07) is -1.12. The van der Waals surface area contributed by atoms with Crippen LogP contribution in [0.1, 0.15) is 20.8 Å². The minimum Gasteiger partial charge on any atom is -0.480 e. The van der Waals surface area contributed by atoms with Crippen molar-refractivity contribution in [2.45, 2.75) is 44.9 Å². The Morgan fingerprint density at radius 1 is 1.40 bits per heavy atom. The number of hydrogen-bond donors (Lipinski definition) is 2. The Bertz CT molecular complexity index is 362. The van der Waals surface area contributed by atoms with Crippen LogP contribution >= 0.6 is 0 Å². The summed E-state index contributed by atoms with van der Waals surface area (Å²) in [5, 5.41) is 11.3. The van der Waals surface area contributed by atoms with Crippen LogP contribution in [-0.2, 0) is 14.0 Å². The fraction of sp³-hybridized carbons (Fsp3) is 0.692. The van der Waals surface area contributed by atoms with Gasteiger partial charge >= 0.3 is 12.1 Å². The first kappa shape index (κ1) is 18.7. The molecule has 0 bridgehead atoms. The largest absolute Gasteiger partial charge is 0.480 e. The minimum absolute atomic E-state index is 0.0284. The van der Waals surface area contributed by atoms with Crippen LogP contribution in [0.3, 0.4) is 0 Å². The lowest BCUT2D eigenvalue weighted by Crippen LogP contribution is -2.49. The quantitative estimate of drug-likeness (QED) is 0.557. The first-order chi connectivity index (χ1) is 9.01. The zero-order valence-electron chi connectivity index (χ0n) is 12.9. The highest BCUT2D eigenvalue weighted by molar-refractivity contribution is 6.74. The van der Waals surface area contributed by atoms with Crippen molar-refractivity contribution >= 4 is 20.4 Å². The second kappa shape index (κ2) is 7.44. The molecular weight excluding hydrogens is 278 g/mol. The van der Waals surface area contributed by atoms with Crippen molar-refractivity contribution in [1.82, 2.24) is 5.32 Å². The van der Waals surface area contributed by atoms with Crippen LogP contribution in [0.5, 0.6) is 0 Å². The normalized spacial score (nSPS) is 13.4. The standard InChI is InChI=1S/C13H25NO5Si/c1-7-8-18-12(17)14-10(11(15)16)9-19-20(5,6)13(2,3)4/h7,10H,1,8-9H2,2-6H3,(H,14,17)(H,15,16)/t10-/m0/s1. The lowest BCUT2D eigenvalue weighted by atomic mass is 10.2. The van der Waals surface area contributed by atoms with Crippen LogP contribution in [-0.4, -0.2) is 44.7 Å². The molecule has 0 saturated carbocycles. The maximum atomic E-state index is 11.3. The molecule has 2 N–H and O–H groups in total. The second-order valence-electron chi connectivity index (χ2n) is 5.99. The molecule has 0 spiro atoms. The van der Waals surface area contributed by atoms with Crippen LogP contribution in [0.4, 0.5) is 4.79 Å². The minimum atomic E-state index is -2.06. The van der Waals surface area contributed by atoms with Crippen LogP contribution in [0.25, 0.3) is 0 Å². The van der Waals surface area contributed by atoms with Gasteiger partial charge in [0.25, 0.3) is 0 Å². The van der Waals surface area contributed by atoms with Gasteiger partial charge in [0, 0.05) is 0 Å². The molecule has 0 unspecified atom stereocenters. The molecule has 7 heteroatoms. The number of carboxylic acids is 1. The van der Waals surface area contributed by atoms with E-state index in [1.165, 1.54) is 6.08 Å². The molecule has 0 heterocycles. The summed E-state index contributed by atoms with van der Waals surface area (Å²) in [4.78, 5) is 22.5. The number of nitrogens with one attached hydrogen (secondary N) is 1. The molecule has 0 aromatic carbocycles. The number of alkyl carbamates (subject to hydrolysis) is 1. The van der Waals surface area contributed by atoms with Crippen molar-refractivity contribution in [2.75, 3.05) is 13.2 Å². The first-order valence-electron chi connectivity index (χ1n) is 6.42. The highest BCUT2D eigenvalue weighted by Crippen LogP contribution is 2.36. The number of hydrogen-bond acceptors (Lipinski definition) is 4. The fourth-order valence-electron chi connectivity index (χ4n) is 1.00. The number of carbonyl (C=O) groups excluding carboxylic acids is 1. The van der Waals surface area contributed by atoms with Crippen molar-refractivity contribution in [2.24, 2.45) is 0 Å². The van der Waals surface area contributed by atoms with Crippen molar-refractivity contribution in [3.05, 3.63) is 12.7 Å². The number of carbonyl (C=O) groups is 2. The Labute approximate surface area is 121 Å². The molecule has 0 radical (unpaired) electrons. The van der Waals surface area contributed by atoms with Crippen LogP contribution in [0, 0.1) is 0 Å². The van der Waals surface area contributed by atoms with E-state index in [4.69, 9.17) is 14.3 Å². The van der Waals surface area contributed by atoms with Gasteiger partial charge in [-0.05, 0) is 18.1 Å². The molecule has 0 aromatic heterocycles. The average Bonchev–Trinajstić information content (AvgIpc) is 2.29. The molecule has 1 amide bonds. The molecule has 1 atom stereocenters. The molecule has 116 valence electrons. The molecule has 0 aliphatic rings. The van der Waals surface area contributed by atoms with Gasteiger partial charge in [-0.15, -0.1) is 0 Å². The average molecular weight is 303 g/mol. The van der Waals surface area contributed by atoms with Gasteiger partial charge in [-0.3, -0.25) is 0 Å². The molecule has 0 aromatic rings. The van der Waals surface area contributed by atoms with Gasteiger partial charge in [0.1, 0.15) is 6.61 Å². The SMILES string of the molecule is C=CCOC(=O)N[C@@H](CO[Si](C)(C)C(C)(C)C)C(=O)O. The summed E-state index contributed by atoms with van der Waals surface area (Å²) in [6.07, 6.45) is 0.609. The summed E-state index contributed by atoms with van der Waals surface area (Å²) in [7, 11) is -2.06. The van der Waals surface area contributed by atoms with Crippen molar-refractivity contribution in [3.63, 3.8) is 0 Å². The second-order valence-corrected chi connectivity index (χ2v) is 10.8. The Kier molecular flexibility index (Phi) is 6.94. The number of aliphatic carboxylic acids is 1. The van der Waals surface area contributed by atoms with E-state index in [-0.39, 0.29) is 18.3 Å². The van der Waals surface area contributed by atoms with E-state index in [0.29, 0.717) is 0 Å². The van der Waals surface area contributed by atoms with Crippen LogP contribution in [0.15, 0.2) is 12.7 Å². The maximum absolute atomic E-state index is 11.3. The number of ether oxygens (including phenoxy) is 1. The van der Waals surface area contributed by atoms with Crippen LogP contribution in [0.2, 0.25) is 18.1 Å². The molecule has 0 saturated heterocycles. The predicted molar refractivity (Wildman–Crippen MR) is 79.3 cm³/mol. The summed E-state index contributed by atoms with van der Waals surface area (Å²) >= 11 is 0. The predicted octanol–water partition coefficient (Wildman–Crippen LogP) is 2.37. The molecule has 0 fully saturated rings. The zero-order valence-corrected chi connectivity index (χ0v) is 13.9. The van der Waals surface area contributed by atoms with Gasteiger partial charge in [-0.25, -0.2) is 9.59 Å². The molecule has 0 aliphatic carbocycles. The zero-order chi connectivity index (χ0) is 16.0. The third kappa shape index (κ3) is 6.20. The summed E-state index contributed by atoms with van der Waals surface area (Å²) in [5.41, 5.74) is 0. The molecular formula is C13H25NO5Si. The third-order valence-corrected chi connectivity index (χ3v) is 7.84. The van der Waals surface area contributed by atoms with Crippen molar-refractivity contribution < 1.29 is 23.9 Å². The van der Waals surface area contributed by atoms with E-state index >= 15 is 0 Å². The number of carboxylic acid groups (broad SMARTS) is 1. The van der Waals surface area contributed by atoms with E-state index in [1.54, 1.807) is 0 Å². The Morgan fingerprint density at radius 2 is 1.95 bits per heavy atom. The fourth-order valence-corrected chi connectivity index (χ4v) is 2.02. The number of amides is 1. The Hall–Kier alpha value is -1.34. The topological polar surface area (TPSA) is 84.9 Å². The van der Waals surface area contributed by atoms with E-state index < -0.39 is 26.4 Å². The molecule has 0 aliphatic heterocycles. The number of rotatable bonds is 7. The third-order valence-electron chi connectivity index (χ3n) is 3.34. The van der Waals surface area contributed by atoms with Gasteiger partial charge in [-0.2, -0.15) is 0 Å². The Morgan fingerprint density at radius 3 is 2.35 bits per heavy atom. The first-order valence-corrected chi connectivity index (χ1v) is 9.33. The highest BCUT2D eigenvalue weighted by Gasteiger charge is 2.38. The van der Waals surface area contributed by atoms with Crippen LogP contribution < -0.4 is 5.32 Å². The van der Waals surface area contributed by atoms with Gasteiger partial charge in [0.15, 0.2) is 14.4 Å². The monoisotopic (exact) mass is 303 g/mol. The smallest absolute Gasteiger partial charge is 0.408 e. The molecule has 20 heavy (non-hydrogen) atoms. The van der Waals surface area contributed by atoms with Gasteiger partial charge < -0.3 is 19.6 Å². The van der Waals surface area contributed by atoms with Crippen molar-refractivity contribution in [3.8, 4) is 0 Å². The highest BCUT2D eigenvalue weighted by atomic mass is 28.4. The van der Waals surface area contributed by atoms with E-state index in [9.17, 15) is 9.59 Å². The lowest BCUT2D eigenvalue weighted by Gasteiger charge is -2.36. The van der Waals surface area contributed by atoms with E-state index in [2.05, 4.69) is 32.7 Å². The Balaban J connectivity index is 4.54. The van der Waals surface area contributed by atoms with Crippen molar-refractivity contribution in [1.29, 1.82) is 0 Å². The van der Waals surface area contributed by atoms with Gasteiger partial charge in [0.05, 0.1) is 6.61 Å². The molecule has 0 rings (SSSR count). The van der Waals surface area contributed by atoms with Gasteiger partial charge in [0.2, 0.25) is 0 Å². The van der Waals surface area contributed by atoms with E-state index in [1.807, 2.05) is 13.1 Å². The van der Waals surface area contributed by atoms with E-state index in [0.717, 1.165) is 0 Å².